The summed E-state index contributed by atoms with van der Waals surface area (Å²) in [6, 6.07) is 0.253. The Morgan fingerprint density at radius 3 is 3.14 bits per heavy atom. The van der Waals surface area contributed by atoms with Crippen LogP contribution in [0.1, 0.15) is 31.1 Å². The molecule has 1 aliphatic rings. The van der Waals surface area contributed by atoms with Crippen molar-refractivity contribution in [3.63, 3.8) is 0 Å². The van der Waals surface area contributed by atoms with Crippen LogP contribution in [0.5, 0.6) is 0 Å². The average Bonchev–Trinajstić information content (AvgIpc) is 2.85. The summed E-state index contributed by atoms with van der Waals surface area (Å²) in [5.41, 5.74) is 0. The van der Waals surface area contributed by atoms with E-state index in [9.17, 15) is 0 Å². The molecule has 0 saturated heterocycles. The number of alkyl halides is 1. The van der Waals surface area contributed by atoms with E-state index in [-0.39, 0.29) is 12.1 Å². The van der Waals surface area contributed by atoms with Gasteiger partial charge < -0.3 is 4.74 Å². The largest absolute Gasteiger partial charge is 0.379 e. The van der Waals surface area contributed by atoms with Crippen molar-refractivity contribution in [2.45, 2.75) is 37.3 Å². The van der Waals surface area contributed by atoms with Crippen LogP contribution in [0.15, 0.2) is 0 Å². The zero-order valence-corrected chi connectivity index (χ0v) is 8.81. The number of tetrazole rings is 1. The standard InChI is InChI=1S/C8H13ClN4O/c1-14-7-4-2-3-6(7)13-8(5-9)10-11-12-13/h6-7H,2-5H2,1H3. The van der Waals surface area contributed by atoms with Gasteiger partial charge in [0.15, 0.2) is 5.82 Å². The predicted molar refractivity (Wildman–Crippen MR) is 51.1 cm³/mol. The van der Waals surface area contributed by atoms with Gasteiger partial charge in [-0.3, -0.25) is 0 Å². The number of halogens is 1. The van der Waals surface area contributed by atoms with E-state index < -0.39 is 0 Å². The topological polar surface area (TPSA) is 52.8 Å². The van der Waals surface area contributed by atoms with Crippen molar-refractivity contribution >= 4 is 11.6 Å². The molecule has 1 heterocycles. The second kappa shape index (κ2) is 4.23. The van der Waals surface area contributed by atoms with Crippen LogP contribution >= 0.6 is 11.6 Å². The molecule has 0 spiro atoms. The van der Waals surface area contributed by atoms with Crippen LogP contribution in [0.3, 0.4) is 0 Å². The zero-order chi connectivity index (χ0) is 9.97. The first-order chi connectivity index (χ1) is 6.86. The molecule has 0 N–H and O–H groups in total. The van der Waals surface area contributed by atoms with Crippen molar-refractivity contribution in [3.8, 4) is 0 Å². The number of aromatic nitrogens is 4. The smallest absolute Gasteiger partial charge is 0.166 e. The Labute approximate surface area is 87.4 Å². The van der Waals surface area contributed by atoms with E-state index in [1.54, 1.807) is 11.8 Å². The minimum atomic E-state index is 0.223. The number of rotatable bonds is 3. The lowest BCUT2D eigenvalue weighted by molar-refractivity contribution is 0.0693. The van der Waals surface area contributed by atoms with E-state index in [1.807, 2.05) is 0 Å². The van der Waals surface area contributed by atoms with E-state index >= 15 is 0 Å². The molecule has 1 aromatic heterocycles. The van der Waals surface area contributed by atoms with Gasteiger partial charge in [0.1, 0.15) is 0 Å². The van der Waals surface area contributed by atoms with Gasteiger partial charge in [-0.25, -0.2) is 4.68 Å². The fourth-order valence-corrected chi connectivity index (χ4v) is 2.19. The van der Waals surface area contributed by atoms with Gasteiger partial charge in [-0.05, 0) is 29.7 Å². The molecule has 2 atom stereocenters. The maximum Gasteiger partial charge on any atom is 0.166 e. The lowest BCUT2D eigenvalue weighted by Gasteiger charge is -2.18. The van der Waals surface area contributed by atoms with Gasteiger partial charge in [0.2, 0.25) is 0 Å². The summed E-state index contributed by atoms with van der Waals surface area (Å²) in [6.07, 6.45) is 3.52. The third-order valence-corrected chi connectivity index (χ3v) is 2.95. The minimum absolute atomic E-state index is 0.223. The van der Waals surface area contributed by atoms with Crippen molar-refractivity contribution < 1.29 is 4.74 Å². The molecule has 2 unspecified atom stereocenters. The quantitative estimate of drug-likeness (QED) is 0.712. The monoisotopic (exact) mass is 216 g/mol. The maximum atomic E-state index is 5.74. The first-order valence-electron chi connectivity index (χ1n) is 4.72. The van der Waals surface area contributed by atoms with Gasteiger partial charge in [0.25, 0.3) is 0 Å². The second-order valence-corrected chi connectivity index (χ2v) is 3.71. The fraction of sp³-hybridized carbons (Fsp3) is 0.875. The van der Waals surface area contributed by atoms with Crippen molar-refractivity contribution in [3.05, 3.63) is 5.82 Å². The van der Waals surface area contributed by atoms with Gasteiger partial charge >= 0.3 is 0 Å². The molecule has 2 rings (SSSR count). The Morgan fingerprint density at radius 1 is 1.57 bits per heavy atom. The van der Waals surface area contributed by atoms with E-state index in [0.29, 0.717) is 5.88 Å². The number of hydrogen-bond acceptors (Lipinski definition) is 4. The first kappa shape index (κ1) is 9.86. The van der Waals surface area contributed by atoms with Gasteiger partial charge in [0.05, 0.1) is 18.0 Å². The van der Waals surface area contributed by atoms with Gasteiger partial charge in [-0.1, -0.05) is 0 Å². The highest BCUT2D eigenvalue weighted by molar-refractivity contribution is 6.16. The van der Waals surface area contributed by atoms with Crippen molar-refractivity contribution in [1.29, 1.82) is 0 Å². The lowest BCUT2D eigenvalue weighted by atomic mass is 10.2. The zero-order valence-electron chi connectivity index (χ0n) is 8.06. The van der Waals surface area contributed by atoms with Crippen LogP contribution in [0.2, 0.25) is 0 Å². The molecule has 0 aromatic carbocycles. The molecule has 1 aliphatic carbocycles. The van der Waals surface area contributed by atoms with E-state index in [0.717, 1.165) is 25.1 Å². The molecule has 5 nitrogen and oxygen atoms in total. The summed E-state index contributed by atoms with van der Waals surface area (Å²) in [6.45, 7) is 0. The molecular weight excluding hydrogens is 204 g/mol. The summed E-state index contributed by atoms with van der Waals surface area (Å²) in [4.78, 5) is 0. The molecule has 1 saturated carbocycles. The number of ether oxygens (including phenoxy) is 1. The lowest BCUT2D eigenvalue weighted by Crippen LogP contribution is -2.23. The average molecular weight is 217 g/mol. The SMILES string of the molecule is COC1CCCC1n1nnnc1CCl. The Balaban J connectivity index is 2.21. The fourth-order valence-electron chi connectivity index (χ4n) is 2.02. The highest BCUT2D eigenvalue weighted by Crippen LogP contribution is 2.31. The van der Waals surface area contributed by atoms with Crippen LogP contribution in [0.25, 0.3) is 0 Å². The van der Waals surface area contributed by atoms with Crippen LogP contribution < -0.4 is 0 Å². The van der Waals surface area contributed by atoms with Gasteiger partial charge in [-0.2, -0.15) is 0 Å². The van der Waals surface area contributed by atoms with E-state index in [2.05, 4.69) is 15.5 Å². The van der Waals surface area contributed by atoms with E-state index in [4.69, 9.17) is 16.3 Å². The van der Waals surface area contributed by atoms with Gasteiger partial charge in [-0.15, -0.1) is 16.7 Å². The van der Waals surface area contributed by atoms with E-state index in [1.165, 1.54) is 0 Å². The molecule has 0 radical (unpaired) electrons. The summed E-state index contributed by atoms with van der Waals surface area (Å²) >= 11 is 5.74. The Hall–Kier alpha value is -0.680. The predicted octanol–water partition coefficient (Wildman–Crippen LogP) is 1.15. The van der Waals surface area contributed by atoms with Crippen LogP contribution in [0.4, 0.5) is 0 Å². The van der Waals surface area contributed by atoms with Crippen molar-refractivity contribution in [2.75, 3.05) is 7.11 Å². The Morgan fingerprint density at radius 2 is 2.43 bits per heavy atom. The molecule has 14 heavy (non-hydrogen) atoms. The number of methoxy groups -OCH3 is 1. The molecule has 0 aliphatic heterocycles. The molecule has 1 fully saturated rings. The summed E-state index contributed by atoms with van der Waals surface area (Å²) in [7, 11) is 1.73. The Bertz CT molecular complexity index is 303. The van der Waals surface area contributed by atoms with Gasteiger partial charge in [0, 0.05) is 7.11 Å². The molecular formula is C8H13ClN4O. The number of nitrogens with zero attached hydrogens (tertiary/aromatic N) is 4. The van der Waals surface area contributed by atoms with Crippen molar-refractivity contribution in [2.24, 2.45) is 0 Å². The molecule has 0 bridgehead atoms. The first-order valence-corrected chi connectivity index (χ1v) is 5.25. The summed E-state index contributed by atoms with van der Waals surface area (Å²) < 4.78 is 7.19. The second-order valence-electron chi connectivity index (χ2n) is 3.45. The van der Waals surface area contributed by atoms with Crippen LogP contribution in [-0.2, 0) is 10.6 Å². The Kier molecular flexibility index (Phi) is 2.98. The van der Waals surface area contributed by atoms with Crippen molar-refractivity contribution in [1.82, 2.24) is 20.2 Å². The summed E-state index contributed by atoms with van der Waals surface area (Å²) in [5, 5.41) is 11.4. The third kappa shape index (κ3) is 1.62. The third-order valence-electron chi connectivity index (χ3n) is 2.72. The highest BCUT2D eigenvalue weighted by Gasteiger charge is 2.31. The van der Waals surface area contributed by atoms with Crippen LogP contribution in [0, 0.1) is 0 Å². The molecule has 0 amide bonds. The van der Waals surface area contributed by atoms with Crippen LogP contribution in [-0.4, -0.2) is 33.4 Å². The molecule has 78 valence electrons. The summed E-state index contributed by atoms with van der Waals surface area (Å²) in [5.74, 6) is 1.07. The minimum Gasteiger partial charge on any atom is -0.379 e. The molecule has 6 heteroatoms. The highest BCUT2D eigenvalue weighted by atomic mass is 35.5. The number of hydrogen-bond donors (Lipinski definition) is 0. The molecule has 1 aromatic rings. The normalized spacial score (nSPS) is 27.0. The maximum absolute atomic E-state index is 5.74.